The summed E-state index contributed by atoms with van der Waals surface area (Å²) in [4.78, 5) is 0. The van der Waals surface area contributed by atoms with Crippen LogP contribution in [-0.4, -0.2) is 3.21 Å². The van der Waals surface area contributed by atoms with Gasteiger partial charge in [-0.25, -0.2) is 5.57 Å². The van der Waals surface area contributed by atoms with Crippen molar-refractivity contribution in [3.63, 3.8) is 0 Å². The van der Waals surface area contributed by atoms with E-state index in [0.29, 0.717) is 11.3 Å². The third kappa shape index (κ3) is 9.34. The van der Waals surface area contributed by atoms with Crippen LogP contribution < -0.4 is 24.8 Å². The van der Waals surface area contributed by atoms with Crippen LogP contribution in [0.25, 0.3) is 11.1 Å². The molecule has 0 bridgehead atoms. The Morgan fingerprint density at radius 2 is 1.32 bits per heavy atom. The van der Waals surface area contributed by atoms with Gasteiger partial charge in [-0.1, -0.05) is 87.8 Å². The molecule has 6 rings (SSSR count). The molecular formula is C38H38Cl2Zr-2. The van der Waals surface area contributed by atoms with Crippen molar-refractivity contribution in [3.05, 3.63) is 155 Å². The molecule has 0 fully saturated rings. The van der Waals surface area contributed by atoms with Crippen molar-refractivity contribution in [1.82, 2.24) is 0 Å². The average molecular weight is 657 g/mol. The van der Waals surface area contributed by atoms with Gasteiger partial charge in [-0.3, -0.25) is 6.08 Å². The average Bonchev–Trinajstić information content (AvgIpc) is 3.55. The smallest absolute Gasteiger partial charge is 0.0253 e. The molecule has 1 unspecified atom stereocenters. The van der Waals surface area contributed by atoms with Crippen LogP contribution in [0, 0.1) is 23.5 Å². The normalized spacial score (nSPS) is 14.3. The predicted molar refractivity (Wildman–Crippen MR) is 163 cm³/mol. The summed E-state index contributed by atoms with van der Waals surface area (Å²) in [6, 6.07) is 39.2. The first-order valence-corrected chi connectivity index (χ1v) is 15.1. The van der Waals surface area contributed by atoms with Gasteiger partial charge >= 0.3 is 99.2 Å². The van der Waals surface area contributed by atoms with E-state index in [9.17, 15) is 0 Å². The number of halogens is 2. The maximum absolute atomic E-state index is 3.48. The molecule has 3 heteroatoms. The molecule has 2 aliphatic rings. The molecule has 0 aliphatic heterocycles. The van der Waals surface area contributed by atoms with E-state index in [1.807, 2.05) is 6.07 Å². The van der Waals surface area contributed by atoms with Gasteiger partial charge in [0.1, 0.15) is 0 Å². The van der Waals surface area contributed by atoms with E-state index in [1.54, 1.807) is 0 Å². The first kappa shape index (κ1) is 34.9. The second kappa shape index (κ2) is 16.4. The Bertz CT molecular complexity index is 1380. The third-order valence-corrected chi connectivity index (χ3v) is 8.47. The summed E-state index contributed by atoms with van der Waals surface area (Å²) >= 11 is 1.46. The Labute approximate surface area is 275 Å². The summed E-state index contributed by atoms with van der Waals surface area (Å²) in [5, 5.41) is 0. The number of hydrogen-bond acceptors (Lipinski definition) is 0. The molecule has 4 aromatic carbocycles. The molecule has 0 saturated carbocycles. The SMILES string of the molecule is CCC1=[C-]C(C)C=C1C(C)(C)C.[Cl-].[Cl-].[Zr+2]=[C](c1ccccc1)c1ccccc1.[c-]1cccc2c1Cc1ccccc1-2. The van der Waals surface area contributed by atoms with Crippen LogP contribution in [0.2, 0.25) is 0 Å². The zero-order valence-electron chi connectivity index (χ0n) is 24.6. The molecule has 0 radical (unpaired) electrons. The first-order valence-electron chi connectivity index (χ1n) is 13.9. The molecular weight excluding hydrogens is 619 g/mol. The minimum Gasteiger partial charge on any atom is -0.179 e. The van der Waals surface area contributed by atoms with Crippen LogP contribution >= 0.6 is 0 Å². The largest absolute Gasteiger partial charge is 0.179 e. The van der Waals surface area contributed by atoms with E-state index in [-0.39, 0.29) is 24.8 Å². The molecule has 0 saturated heterocycles. The zero-order valence-corrected chi connectivity index (χ0v) is 28.6. The van der Waals surface area contributed by atoms with Crippen molar-refractivity contribution in [1.29, 1.82) is 0 Å². The maximum Gasteiger partial charge on any atom is -0.0253 e. The molecule has 0 heterocycles. The zero-order chi connectivity index (χ0) is 27.8. The van der Waals surface area contributed by atoms with Gasteiger partial charge in [0.2, 0.25) is 0 Å². The second-order valence-corrected chi connectivity index (χ2v) is 12.3. The summed E-state index contributed by atoms with van der Waals surface area (Å²) in [5.74, 6) is 0.522. The van der Waals surface area contributed by atoms with Gasteiger partial charge in [-0.2, -0.15) is 41.5 Å². The predicted octanol–water partition coefficient (Wildman–Crippen LogP) is 3.62. The van der Waals surface area contributed by atoms with Gasteiger partial charge in [-0.15, -0.1) is 5.56 Å². The maximum atomic E-state index is 3.48. The van der Waals surface area contributed by atoms with Crippen LogP contribution in [-0.2, 0) is 30.7 Å². The van der Waals surface area contributed by atoms with Gasteiger partial charge in [0, 0.05) is 0 Å². The quantitative estimate of drug-likeness (QED) is 0.261. The monoisotopic (exact) mass is 654 g/mol. The van der Waals surface area contributed by atoms with E-state index in [2.05, 4.69) is 150 Å². The molecule has 0 aromatic heterocycles. The Hall–Kier alpha value is -2.31. The molecule has 2 aliphatic carbocycles. The van der Waals surface area contributed by atoms with Gasteiger partial charge in [0.05, 0.1) is 0 Å². The summed E-state index contributed by atoms with van der Waals surface area (Å²) in [6.07, 6.45) is 8.00. The number of rotatable bonds is 3. The Morgan fingerprint density at radius 3 is 1.85 bits per heavy atom. The fourth-order valence-corrected chi connectivity index (χ4v) is 5.93. The molecule has 0 N–H and O–H groups in total. The van der Waals surface area contributed by atoms with Gasteiger partial charge in [-0.05, 0) is 6.42 Å². The number of fused-ring (bicyclic) bond motifs is 3. The topological polar surface area (TPSA) is 0 Å². The molecule has 0 spiro atoms. The van der Waals surface area contributed by atoms with Gasteiger partial charge < -0.3 is 24.8 Å². The van der Waals surface area contributed by atoms with Crippen molar-refractivity contribution in [2.45, 2.75) is 47.5 Å². The molecule has 4 aromatic rings. The summed E-state index contributed by atoms with van der Waals surface area (Å²) in [5.41, 5.74) is 11.4. The Morgan fingerprint density at radius 1 is 0.780 bits per heavy atom. The van der Waals surface area contributed by atoms with Crippen molar-refractivity contribution in [2.24, 2.45) is 11.3 Å². The van der Waals surface area contributed by atoms with E-state index in [1.165, 1.54) is 72.0 Å². The minimum absolute atomic E-state index is 0. The van der Waals surface area contributed by atoms with Crippen molar-refractivity contribution >= 4 is 3.21 Å². The summed E-state index contributed by atoms with van der Waals surface area (Å²) < 4.78 is 1.42. The number of benzene rings is 4. The first-order chi connectivity index (χ1) is 18.8. The van der Waals surface area contributed by atoms with E-state index in [0.717, 1.165) is 12.8 Å². The molecule has 0 nitrogen and oxygen atoms in total. The van der Waals surface area contributed by atoms with Crippen LogP contribution in [0.15, 0.2) is 120 Å². The van der Waals surface area contributed by atoms with Crippen molar-refractivity contribution in [3.8, 4) is 11.1 Å². The second-order valence-electron chi connectivity index (χ2n) is 11.1. The van der Waals surface area contributed by atoms with Crippen LogP contribution in [0.1, 0.15) is 63.3 Å². The van der Waals surface area contributed by atoms with Crippen molar-refractivity contribution in [2.75, 3.05) is 0 Å². The molecule has 41 heavy (non-hydrogen) atoms. The number of hydrogen-bond donors (Lipinski definition) is 0. The summed E-state index contributed by atoms with van der Waals surface area (Å²) in [7, 11) is 0. The summed E-state index contributed by atoms with van der Waals surface area (Å²) in [6.45, 7) is 11.2. The Balaban J connectivity index is 0.000000211. The van der Waals surface area contributed by atoms with Crippen LogP contribution in [0.5, 0.6) is 0 Å². The minimum atomic E-state index is 0. The third-order valence-electron chi connectivity index (χ3n) is 7.05. The Kier molecular flexibility index (Phi) is 13.9. The van der Waals surface area contributed by atoms with Gasteiger partial charge in [0.15, 0.2) is 0 Å². The fourth-order valence-electron chi connectivity index (χ4n) is 5.11. The van der Waals surface area contributed by atoms with Crippen molar-refractivity contribution < 1.29 is 49.0 Å². The van der Waals surface area contributed by atoms with Crippen LogP contribution in [0.3, 0.4) is 0 Å². The number of allylic oxidation sites excluding steroid dienone is 4. The fraction of sp³-hybridized carbons (Fsp3) is 0.237. The standard InChI is InChI=1S/C13H9.C13H10.C12H19.2ClH.Zr/c1-3-7-12-10(5-1)9-11-6-2-4-8-13(11)12;1-3-7-12(8-4-1)11-13-9-5-2-6-10-13;1-6-10-7-9(2)8-11(10)12(3,4)5;;;/h1-5,7-8H,9H2;1-10H;8-9H,6H2,1-5H3;2*1H;/q-1;;-1;;;+2/p-2. The van der Waals surface area contributed by atoms with E-state index in [4.69, 9.17) is 0 Å². The molecule has 0 amide bonds. The molecule has 210 valence electrons. The molecule has 1 atom stereocenters. The van der Waals surface area contributed by atoms with Gasteiger partial charge in [0.25, 0.3) is 0 Å². The van der Waals surface area contributed by atoms with E-state index >= 15 is 0 Å². The van der Waals surface area contributed by atoms with Crippen LogP contribution in [0.4, 0.5) is 0 Å². The van der Waals surface area contributed by atoms with E-state index < -0.39 is 0 Å².